The van der Waals surface area contributed by atoms with E-state index in [2.05, 4.69) is 32.7 Å². The molecule has 0 spiro atoms. The Labute approximate surface area is 163 Å². The Bertz CT molecular complexity index is 1090. The lowest BCUT2D eigenvalue weighted by Crippen LogP contribution is -2.00. The summed E-state index contributed by atoms with van der Waals surface area (Å²) in [5.41, 5.74) is 4.73. The maximum absolute atomic E-state index is 5.73. The van der Waals surface area contributed by atoms with Gasteiger partial charge in [-0.25, -0.2) is 0 Å². The van der Waals surface area contributed by atoms with Gasteiger partial charge >= 0.3 is 0 Å². The van der Waals surface area contributed by atoms with Crippen LogP contribution in [-0.4, -0.2) is 32.6 Å². The first-order chi connectivity index (χ1) is 13.8. The Hall–Kier alpha value is -3.48. The number of nitrogens with zero attached hydrogens (tertiary/aromatic N) is 5. The molecule has 2 heterocycles. The van der Waals surface area contributed by atoms with Crippen LogP contribution < -0.4 is 10.2 Å². The summed E-state index contributed by atoms with van der Waals surface area (Å²) in [4.78, 5) is 0. The fourth-order valence-corrected chi connectivity index (χ4v) is 2.97. The monoisotopic (exact) mass is 374 g/mol. The van der Waals surface area contributed by atoms with Crippen molar-refractivity contribution in [2.45, 2.75) is 26.2 Å². The van der Waals surface area contributed by atoms with Gasteiger partial charge in [0.2, 0.25) is 0 Å². The largest absolute Gasteiger partial charge is 0.494 e. The molecule has 0 bridgehead atoms. The summed E-state index contributed by atoms with van der Waals surface area (Å²) >= 11 is 0. The predicted octanol–water partition coefficient (Wildman–Crippen LogP) is 4.29. The zero-order valence-corrected chi connectivity index (χ0v) is 15.7. The molecule has 0 amide bonds. The van der Waals surface area contributed by atoms with Gasteiger partial charge in [0.25, 0.3) is 0 Å². The highest BCUT2D eigenvalue weighted by Crippen LogP contribution is 2.23. The fraction of sp³-hybridized carbons (Fsp3) is 0.238. The SMILES string of the molecule is CCCCCOc1ccc(/C=N\Nc2nn3cnnc3c3ccccc23)cc1. The molecule has 0 fully saturated rings. The van der Waals surface area contributed by atoms with Gasteiger partial charge in [-0.15, -0.1) is 15.3 Å². The van der Waals surface area contributed by atoms with Gasteiger partial charge in [-0.3, -0.25) is 5.43 Å². The van der Waals surface area contributed by atoms with Gasteiger partial charge < -0.3 is 4.74 Å². The lowest BCUT2D eigenvalue weighted by molar-refractivity contribution is 0.306. The Morgan fingerprint density at radius 1 is 1.07 bits per heavy atom. The molecule has 0 atom stereocenters. The summed E-state index contributed by atoms with van der Waals surface area (Å²) in [5, 5.41) is 18.8. The highest BCUT2D eigenvalue weighted by atomic mass is 16.5. The Kier molecular flexibility index (Phi) is 5.42. The van der Waals surface area contributed by atoms with Gasteiger partial charge in [-0.1, -0.05) is 44.0 Å². The van der Waals surface area contributed by atoms with Gasteiger partial charge in [0, 0.05) is 10.8 Å². The van der Waals surface area contributed by atoms with Crippen LogP contribution in [0.1, 0.15) is 31.7 Å². The molecule has 1 N–H and O–H groups in total. The average molecular weight is 374 g/mol. The van der Waals surface area contributed by atoms with Crippen LogP contribution in [0.25, 0.3) is 16.4 Å². The predicted molar refractivity (Wildman–Crippen MR) is 111 cm³/mol. The molecule has 0 aliphatic heterocycles. The molecule has 0 saturated carbocycles. The van der Waals surface area contributed by atoms with Gasteiger partial charge in [-0.05, 0) is 36.2 Å². The van der Waals surface area contributed by atoms with Crippen molar-refractivity contribution in [1.29, 1.82) is 0 Å². The van der Waals surface area contributed by atoms with Crippen LogP contribution in [0.5, 0.6) is 5.75 Å². The van der Waals surface area contributed by atoms with E-state index >= 15 is 0 Å². The number of ether oxygens (including phenoxy) is 1. The van der Waals surface area contributed by atoms with Crippen molar-refractivity contribution in [2.75, 3.05) is 12.0 Å². The van der Waals surface area contributed by atoms with Crippen LogP contribution in [0, 0.1) is 0 Å². The van der Waals surface area contributed by atoms with Crippen molar-refractivity contribution in [2.24, 2.45) is 5.10 Å². The summed E-state index contributed by atoms with van der Waals surface area (Å²) in [6.45, 7) is 2.94. The minimum atomic E-state index is 0.648. The molecule has 0 radical (unpaired) electrons. The molecule has 4 rings (SSSR count). The van der Waals surface area contributed by atoms with E-state index in [9.17, 15) is 0 Å². The van der Waals surface area contributed by atoms with Crippen LogP contribution in [0.4, 0.5) is 5.82 Å². The summed E-state index contributed by atoms with van der Waals surface area (Å²) in [7, 11) is 0. The van der Waals surface area contributed by atoms with Gasteiger partial charge in [0.1, 0.15) is 12.1 Å². The molecule has 4 aromatic rings. The number of rotatable bonds is 8. The number of aromatic nitrogens is 4. The average Bonchev–Trinajstić information content (AvgIpc) is 3.21. The van der Waals surface area contributed by atoms with E-state index in [1.165, 1.54) is 12.8 Å². The molecule has 28 heavy (non-hydrogen) atoms. The van der Waals surface area contributed by atoms with Crippen LogP contribution in [0.2, 0.25) is 0 Å². The second-order valence-corrected chi connectivity index (χ2v) is 6.49. The third kappa shape index (κ3) is 3.93. The highest BCUT2D eigenvalue weighted by Gasteiger charge is 2.08. The number of anilines is 1. The number of nitrogens with one attached hydrogen (secondary N) is 1. The lowest BCUT2D eigenvalue weighted by atomic mass is 10.2. The van der Waals surface area contributed by atoms with Crippen molar-refractivity contribution < 1.29 is 4.74 Å². The quantitative estimate of drug-likeness (QED) is 0.283. The molecule has 0 aliphatic carbocycles. The Morgan fingerprint density at radius 3 is 2.71 bits per heavy atom. The van der Waals surface area contributed by atoms with E-state index in [1.807, 2.05) is 48.5 Å². The second-order valence-electron chi connectivity index (χ2n) is 6.49. The summed E-state index contributed by atoms with van der Waals surface area (Å²) in [5.74, 6) is 1.53. The van der Waals surface area contributed by atoms with Gasteiger partial charge in [0.15, 0.2) is 11.5 Å². The van der Waals surface area contributed by atoms with E-state index in [-0.39, 0.29) is 0 Å². The number of unbranched alkanes of at least 4 members (excludes halogenated alkanes) is 2. The molecular weight excluding hydrogens is 352 g/mol. The molecule has 142 valence electrons. The molecule has 7 nitrogen and oxygen atoms in total. The Morgan fingerprint density at radius 2 is 1.89 bits per heavy atom. The Balaban J connectivity index is 1.46. The first kappa shape index (κ1) is 17.9. The molecule has 0 unspecified atom stereocenters. The van der Waals surface area contributed by atoms with Crippen molar-refractivity contribution in [3.8, 4) is 5.75 Å². The van der Waals surface area contributed by atoms with Crippen molar-refractivity contribution in [3.05, 3.63) is 60.4 Å². The zero-order chi connectivity index (χ0) is 19.2. The molecular formula is C21H22N6O. The minimum absolute atomic E-state index is 0.648. The maximum atomic E-state index is 5.73. The minimum Gasteiger partial charge on any atom is -0.494 e. The van der Waals surface area contributed by atoms with Crippen molar-refractivity contribution in [3.63, 3.8) is 0 Å². The third-order valence-electron chi connectivity index (χ3n) is 4.44. The van der Waals surface area contributed by atoms with Crippen LogP contribution >= 0.6 is 0 Å². The standard InChI is InChI=1S/C21H22N6O/c1-2-3-6-13-28-17-11-9-16(10-12-17)14-22-24-20-18-7-4-5-8-19(18)21-25-23-15-27(21)26-20/h4-5,7-12,14-15H,2-3,6,13H2,1H3,(H,24,26)/b22-14-. The topological polar surface area (TPSA) is 76.7 Å². The number of fused-ring (bicyclic) bond motifs is 3. The van der Waals surface area contributed by atoms with E-state index in [0.717, 1.165) is 40.8 Å². The molecule has 2 aromatic carbocycles. The highest BCUT2D eigenvalue weighted by molar-refractivity contribution is 5.99. The first-order valence-corrected chi connectivity index (χ1v) is 9.46. The number of hydrazone groups is 1. The number of benzene rings is 2. The second kappa shape index (κ2) is 8.47. The van der Waals surface area contributed by atoms with E-state index in [1.54, 1.807) is 17.1 Å². The van der Waals surface area contributed by atoms with Crippen LogP contribution in [0.3, 0.4) is 0 Å². The smallest absolute Gasteiger partial charge is 0.185 e. The number of hydrogen-bond donors (Lipinski definition) is 1. The van der Waals surface area contributed by atoms with Crippen molar-refractivity contribution in [1.82, 2.24) is 19.8 Å². The van der Waals surface area contributed by atoms with Gasteiger partial charge in [0.05, 0.1) is 12.8 Å². The van der Waals surface area contributed by atoms with Crippen molar-refractivity contribution >= 4 is 28.5 Å². The molecule has 0 saturated heterocycles. The number of hydrogen-bond acceptors (Lipinski definition) is 6. The summed E-state index contributed by atoms with van der Waals surface area (Å²) in [6, 6.07) is 15.8. The van der Waals surface area contributed by atoms with Gasteiger partial charge in [-0.2, -0.15) is 9.62 Å². The molecule has 0 aliphatic rings. The molecule has 7 heteroatoms. The van der Waals surface area contributed by atoms with E-state index < -0.39 is 0 Å². The third-order valence-corrected chi connectivity index (χ3v) is 4.44. The lowest BCUT2D eigenvalue weighted by Gasteiger charge is -2.06. The van der Waals surface area contributed by atoms with E-state index in [0.29, 0.717) is 5.82 Å². The van der Waals surface area contributed by atoms with E-state index in [4.69, 9.17) is 4.74 Å². The summed E-state index contributed by atoms with van der Waals surface area (Å²) in [6.07, 6.45) is 6.81. The fourth-order valence-electron chi connectivity index (χ4n) is 2.97. The summed E-state index contributed by atoms with van der Waals surface area (Å²) < 4.78 is 7.38. The first-order valence-electron chi connectivity index (χ1n) is 9.46. The molecule has 2 aromatic heterocycles. The van der Waals surface area contributed by atoms with Crippen LogP contribution in [-0.2, 0) is 0 Å². The van der Waals surface area contributed by atoms with Crippen LogP contribution in [0.15, 0.2) is 60.0 Å². The normalized spacial score (nSPS) is 11.5. The zero-order valence-electron chi connectivity index (χ0n) is 15.7. The maximum Gasteiger partial charge on any atom is 0.185 e.